The zero-order chi connectivity index (χ0) is 20.6. The number of amides is 2. The van der Waals surface area contributed by atoms with Gasteiger partial charge in [-0.25, -0.2) is 0 Å². The Morgan fingerprint density at radius 3 is 2.52 bits per heavy atom. The minimum absolute atomic E-state index is 0.0178. The van der Waals surface area contributed by atoms with Gasteiger partial charge in [-0.3, -0.25) is 19.4 Å². The average Bonchev–Trinajstić information content (AvgIpc) is 2.74. The van der Waals surface area contributed by atoms with Gasteiger partial charge in [0.1, 0.15) is 0 Å². The van der Waals surface area contributed by atoms with E-state index in [0.717, 1.165) is 63.4 Å². The van der Waals surface area contributed by atoms with Gasteiger partial charge in [0, 0.05) is 50.9 Å². The minimum atomic E-state index is -0.0178. The van der Waals surface area contributed by atoms with E-state index in [4.69, 9.17) is 4.74 Å². The number of carbonyl (C=O) groups excluding carboxylic acids is 2. The van der Waals surface area contributed by atoms with Crippen LogP contribution in [0.4, 0.5) is 0 Å². The zero-order valence-electron chi connectivity index (χ0n) is 17.7. The number of aryl methyl sites for hydroxylation is 1. The van der Waals surface area contributed by atoms with Crippen LogP contribution in [0.3, 0.4) is 0 Å². The first-order valence-electron chi connectivity index (χ1n) is 10.7. The maximum Gasteiger partial charge on any atom is 0.251 e. The van der Waals surface area contributed by atoms with E-state index in [1.165, 1.54) is 0 Å². The Balaban J connectivity index is 1.36. The Bertz CT molecular complexity index is 682. The number of carbonyl (C=O) groups is 2. The van der Waals surface area contributed by atoms with Gasteiger partial charge in [0.2, 0.25) is 5.91 Å². The Kier molecular flexibility index (Phi) is 8.03. The first-order valence-corrected chi connectivity index (χ1v) is 10.7. The largest absolute Gasteiger partial charge is 0.379 e. The summed E-state index contributed by atoms with van der Waals surface area (Å²) < 4.78 is 5.37. The predicted octanol–water partition coefficient (Wildman–Crippen LogP) is 0.980. The number of benzene rings is 1. The van der Waals surface area contributed by atoms with E-state index in [1.54, 1.807) is 0 Å². The maximum atomic E-state index is 12.6. The Hall–Kier alpha value is -1.96. The molecule has 0 saturated carbocycles. The molecular weight excluding hydrogens is 368 g/mol. The number of hydrogen-bond acceptors (Lipinski definition) is 5. The topological polar surface area (TPSA) is 65.1 Å². The van der Waals surface area contributed by atoms with Crippen molar-refractivity contribution in [3.8, 4) is 0 Å². The van der Waals surface area contributed by atoms with Crippen LogP contribution in [0.25, 0.3) is 0 Å². The number of nitrogens with one attached hydrogen (secondary N) is 1. The van der Waals surface area contributed by atoms with Crippen molar-refractivity contribution in [3.05, 3.63) is 35.4 Å². The molecule has 0 spiro atoms. The quantitative estimate of drug-likeness (QED) is 0.737. The molecule has 0 aliphatic carbocycles. The van der Waals surface area contributed by atoms with Crippen molar-refractivity contribution in [3.63, 3.8) is 0 Å². The lowest BCUT2D eigenvalue weighted by atomic mass is 10.0. The summed E-state index contributed by atoms with van der Waals surface area (Å²) in [5, 5.41) is 3.13. The van der Waals surface area contributed by atoms with Gasteiger partial charge < -0.3 is 15.0 Å². The molecule has 2 saturated heterocycles. The molecule has 2 heterocycles. The fourth-order valence-corrected chi connectivity index (χ4v) is 3.91. The fourth-order valence-electron chi connectivity index (χ4n) is 3.91. The third-order valence-electron chi connectivity index (χ3n) is 5.88. The molecule has 2 aliphatic heterocycles. The van der Waals surface area contributed by atoms with Crippen molar-refractivity contribution in [2.45, 2.75) is 25.8 Å². The fraction of sp³-hybridized carbons (Fsp3) is 0.636. The summed E-state index contributed by atoms with van der Waals surface area (Å²) in [6, 6.07) is 7.76. The number of rotatable bonds is 7. The van der Waals surface area contributed by atoms with Gasteiger partial charge >= 0.3 is 0 Å². The molecule has 160 valence electrons. The van der Waals surface area contributed by atoms with Crippen LogP contribution >= 0.6 is 0 Å². The van der Waals surface area contributed by atoms with Crippen LogP contribution < -0.4 is 5.32 Å². The summed E-state index contributed by atoms with van der Waals surface area (Å²) in [6.45, 7) is 9.22. The highest BCUT2D eigenvalue weighted by Gasteiger charge is 2.25. The van der Waals surface area contributed by atoms with Gasteiger partial charge in [0.05, 0.1) is 19.8 Å². The first-order chi connectivity index (χ1) is 14.0. The number of likely N-dealkylation sites (tertiary alicyclic amines) is 1. The summed E-state index contributed by atoms with van der Waals surface area (Å²) in [7, 11) is 2.01. The first kappa shape index (κ1) is 21.7. The van der Waals surface area contributed by atoms with Crippen molar-refractivity contribution >= 4 is 11.8 Å². The minimum Gasteiger partial charge on any atom is -0.379 e. The third kappa shape index (κ3) is 6.52. The van der Waals surface area contributed by atoms with Crippen molar-refractivity contribution in [2.75, 3.05) is 66.1 Å². The van der Waals surface area contributed by atoms with E-state index >= 15 is 0 Å². The standard InChI is InChI=1S/C22H34N4O3/c1-18-5-3-4-6-20(18)22(28)23-19-7-9-26(10-8-19)21(27)17-24(2)11-12-25-13-15-29-16-14-25/h3-6,19H,7-17H2,1-2H3,(H,23,28). The summed E-state index contributed by atoms with van der Waals surface area (Å²) in [5.74, 6) is 0.161. The molecule has 0 atom stereocenters. The Morgan fingerprint density at radius 1 is 1.14 bits per heavy atom. The molecule has 1 N–H and O–H groups in total. The van der Waals surface area contributed by atoms with Crippen LogP contribution in [0.15, 0.2) is 24.3 Å². The molecule has 0 aromatic heterocycles. The SMILES string of the molecule is Cc1ccccc1C(=O)NC1CCN(C(=O)CN(C)CCN2CCOCC2)CC1. The molecule has 2 aliphatic rings. The monoisotopic (exact) mass is 402 g/mol. The zero-order valence-corrected chi connectivity index (χ0v) is 17.7. The number of ether oxygens (including phenoxy) is 1. The molecule has 0 radical (unpaired) electrons. The lowest BCUT2D eigenvalue weighted by molar-refractivity contribution is -0.133. The highest BCUT2D eigenvalue weighted by molar-refractivity contribution is 5.95. The molecule has 1 aromatic rings. The second-order valence-corrected chi connectivity index (χ2v) is 8.14. The molecule has 29 heavy (non-hydrogen) atoms. The van der Waals surface area contributed by atoms with Crippen molar-refractivity contribution in [2.24, 2.45) is 0 Å². The smallest absolute Gasteiger partial charge is 0.251 e. The molecule has 3 rings (SSSR count). The van der Waals surface area contributed by atoms with E-state index in [0.29, 0.717) is 19.6 Å². The number of hydrogen-bond donors (Lipinski definition) is 1. The van der Waals surface area contributed by atoms with E-state index in [9.17, 15) is 9.59 Å². The summed E-state index contributed by atoms with van der Waals surface area (Å²) in [6.07, 6.45) is 1.61. The van der Waals surface area contributed by atoms with Crippen LogP contribution in [-0.2, 0) is 9.53 Å². The molecular formula is C22H34N4O3. The molecule has 7 nitrogen and oxygen atoms in total. The lowest BCUT2D eigenvalue weighted by Gasteiger charge is -2.34. The van der Waals surface area contributed by atoms with Gasteiger partial charge in [-0.1, -0.05) is 18.2 Å². The molecule has 7 heteroatoms. The van der Waals surface area contributed by atoms with Crippen LogP contribution in [-0.4, -0.2) is 98.6 Å². The summed E-state index contributed by atoms with van der Waals surface area (Å²) in [5.41, 5.74) is 1.71. The Labute approximate surface area is 174 Å². The van der Waals surface area contributed by atoms with Crippen LogP contribution in [0.1, 0.15) is 28.8 Å². The lowest BCUT2D eigenvalue weighted by Crippen LogP contribution is -2.49. The van der Waals surface area contributed by atoms with Crippen molar-refractivity contribution in [1.29, 1.82) is 0 Å². The second-order valence-electron chi connectivity index (χ2n) is 8.14. The van der Waals surface area contributed by atoms with Crippen LogP contribution in [0.2, 0.25) is 0 Å². The molecule has 2 fully saturated rings. The van der Waals surface area contributed by atoms with Crippen molar-refractivity contribution < 1.29 is 14.3 Å². The number of piperidine rings is 1. The van der Waals surface area contributed by atoms with Crippen LogP contribution in [0, 0.1) is 6.92 Å². The van der Waals surface area contributed by atoms with Crippen molar-refractivity contribution in [1.82, 2.24) is 20.0 Å². The predicted molar refractivity (Wildman–Crippen MR) is 113 cm³/mol. The normalized spacial score (nSPS) is 18.8. The number of likely N-dealkylation sites (N-methyl/N-ethyl adjacent to an activating group) is 1. The average molecular weight is 403 g/mol. The molecule has 1 aromatic carbocycles. The third-order valence-corrected chi connectivity index (χ3v) is 5.88. The van der Waals surface area contributed by atoms with Gasteiger partial charge in [-0.05, 0) is 38.4 Å². The van der Waals surface area contributed by atoms with Gasteiger partial charge in [0.15, 0.2) is 0 Å². The maximum absolute atomic E-state index is 12.6. The van der Waals surface area contributed by atoms with Gasteiger partial charge in [-0.15, -0.1) is 0 Å². The van der Waals surface area contributed by atoms with E-state index < -0.39 is 0 Å². The summed E-state index contributed by atoms with van der Waals surface area (Å²) >= 11 is 0. The Morgan fingerprint density at radius 2 is 1.83 bits per heavy atom. The van der Waals surface area contributed by atoms with E-state index in [1.807, 2.05) is 43.1 Å². The highest BCUT2D eigenvalue weighted by atomic mass is 16.5. The number of morpholine rings is 1. The van der Waals surface area contributed by atoms with Crippen LogP contribution in [0.5, 0.6) is 0 Å². The summed E-state index contributed by atoms with van der Waals surface area (Å²) in [4.78, 5) is 31.5. The van der Waals surface area contributed by atoms with E-state index in [-0.39, 0.29) is 17.9 Å². The van der Waals surface area contributed by atoms with Gasteiger partial charge in [-0.2, -0.15) is 0 Å². The highest BCUT2D eigenvalue weighted by Crippen LogP contribution is 2.13. The molecule has 2 amide bonds. The molecule has 0 bridgehead atoms. The molecule has 0 unspecified atom stereocenters. The van der Waals surface area contributed by atoms with Gasteiger partial charge in [0.25, 0.3) is 5.91 Å². The number of nitrogens with zero attached hydrogens (tertiary/aromatic N) is 3. The van der Waals surface area contributed by atoms with E-state index in [2.05, 4.69) is 15.1 Å². The second kappa shape index (κ2) is 10.7.